The zero-order valence-corrected chi connectivity index (χ0v) is 17.4. The topological polar surface area (TPSA) is 29.5 Å². The summed E-state index contributed by atoms with van der Waals surface area (Å²) in [5, 5.41) is 15.8. The highest BCUT2D eigenvalue weighted by Crippen LogP contribution is 2.38. The van der Waals surface area contributed by atoms with Crippen molar-refractivity contribution in [2.24, 2.45) is 0 Å². The lowest BCUT2D eigenvalue weighted by Gasteiger charge is -2.37. The second-order valence-electron chi connectivity index (χ2n) is 7.94. The third-order valence-electron chi connectivity index (χ3n) is 5.43. The van der Waals surface area contributed by atoms with E-state index >= 15 is 0 Å². The number of aliphatic hydroxyl groups is 1. The summed E-state index contributed by atoms with van der Waals surface area (Å²) >= 11 is 8.29. The van der Waals surface area contributed by atoms with Crippen LogP contribution in [0.2, 0.25) is 5.02 Å². The van der Waals surface area contributed by atoms with E-state index < -0.39 is 11.2 Å². The highest BCUT2D eigenvalue weighted by molar-refractivity contribution is 7.26. The Morgan fingerprint density at radius 2 is 1.70 bits per heavy atom. The van der Waals surface area contributed by atoms with Crippen LogP contribution in [-0.2, 0) is 4.65 Å². The normalized spacial score (nSPS) is 13.0. The average molecular weight is 396 g/mol. The van der Waals surface area contributed by atoms with Crippen molar-refractivity contribution >= 4 is 66.8 Å². The fourth-order valence-electron chi connectivity index (χ4n) is 2.99. The first-order valence-electron chi connectivity index (χ1n) is 8.94. The molecule has 0 aliphatic rings. The molecule has 2 nitrogen and oxygen atoms in total. The summed E-state index contributed by atoms with van der Waals surface area (Å²) in [5.74, 6) is 0. The highest BCUT2D eigenvalue weighted by Gasteiger charge is 2.35. The van der Waals surface area contributed by atoms with Crippen molar-refractivity contribution in [1.82, 2.24) is 0 Å². The van der Waals surface area contributed by atoms with Gasteiger partial charge in [0.05, 0.1) is 11.2 Å². The molecule has 0 bridgehead atoms. The number of hydrogen-bond acceptors (Lipinski definition) is 3. The van der Waals surface area contributed by atoms with E-state index in [2.05, 4.69) is 42.5 Å². The number of halogens is 1. The van der Waals surface area contributed by atoms with Crippen LogP contribution in [0.25, 0.3) is 30.9 Å². The summed E-state index contributed by atoms with van der Waals surface area (Å²) in [6, 6.07) is 16.9. The van der Waals surface area contributed by atoms with Crippen molar-refractivity contribution < 1.29 is 9.76 Å². The maximum Gasteiger partial charge on any atom is 0.332 e. The summed E-state index contributed by atoms with van der Waals surface area (Å²) in [4.78, 5) is 0. The molecule has 1 N–H and O–H groups in total. The van der Waals surface area contributed by atoms with Gasteiger partial charge in [-0.3, -0.25) is 0 Å². The van der Waals surface area contributed by atoms with Gasteiger partial charge in [0.2, 0.25) is 0 Å². The zero-order valence-electron chi connectivity index (χ0n) is 15.8. The fraction of sp³-hybridized carbons (Fsp3) is 0.273. The molecule has 0 unspecified atom stereocenters. The van der Waals surface area contributed by atoms with Crippen molar-refractivity contribution in [2.75, 3.05) is 0 Å². The zero-order chi connectivity index (χ0) is 19.4. The molecule has 0 amide bonds. The second kappa shape index (κ2) is 6.49. The Hall–Kier alpha value is -1.59. The molecule has 0 spiro atoms. The van der Waals surface area contributed by atoms with Gasteiger partial charge < -0.3 is 9.76 Å². The van der Waals surface area contributed by atoms with Gasteiger partial charge in [0, 0.05) is 19.8 Å². The molecular formula is C22H21BClO2S. The molecule has 0 atom stereocenters. The molecule has 137 valence electrons. The minimum Gasteiger partial charge on any atom is -0.427 e. The Morgan fingerprint density at radius 1 is 0.963 bits per heavy atom. The molecule has 3 aromatic carbocycles. The molecule has 0 saturated carbocycles. The minimum absolute atomic E-state index is 0.643. The molecule has 0 fully saturated rings. The van der Waals surface area contributed by atoms with Crippen LogP contribution < -0.4 is 5.46 Å². The number of thiophene rings is 1. The Bertz CT molecular complexity index is 1160. The van der Waals surface area contributed by atoms with Crippen LogP contribution >= 0.6 is 22.9 Å². The fourth-order valence-corrected chi connectivity index (χ4v) is 4.52. The van der Waals surface area contributed by atoms with Gasteiger partial charge >= 0.3 is 7.48 Å². The standard InChI is InChI=1S/C22H21BClO2S/c1-21(2,25)22(3,4)26-23-17-11-16-15-10-9-13-7-5-6-8-14(13)20(15)27-19(16)12-18(17)24/h5-12,25H,1-4H3. The van der Waals surface area contributed by atoms with E-state index in [-0.39, 0.29) is 0 Å². The SMILES string of the molecule is CC(C)(O)C(C)(C)O[B]c1cc2c(cc1Cl)sc1c3ccccc3ccc21. The smallest absolute Gasteiger partial charge is 0.332 e. The van der Waals surface area contributed by atoms with Gasteiger partial charge in [-0.05, 0) is 55.4 Å². The first-order valence-corrected chi connectivity index (χ1v) is 10.1. The van der Waals surface area contributed by atoms with Gasteiger partial charge in [-0.15, -0.1) is 11.3 Å². The molecule has 1 aromatic heterocycles. The first kappa shape index (κ1) is 18.8. The number of hydrogen-bond donors (Lipinski definition) is 1. The molecule has 1 heterocycles. The number of benzene rings is 3. The van der Waals surface area contributed by atoms with Crippen LogP contribution in [0, 0.1) is 0 Å². The monoisotopic (exact) mass is 395 g/mol. The Kier molecular flexibility index (Phi) is 4.51. The van der Waals surface area contributed by atoms with E-state index in [4.69, 9.17) is 16.3 Å². The molecule has 0 aliphatic heterocycles. The summed E-state index contributed by atoms with van der Waals surface area (Å²) in [6.45, 7) is 7.20. The molecule has 0 saturated heterocycles. The van der Waals surface area contributed by atoms with Gasteiger partial charge in [-0.2, -0.15) is 0 Å². The van der Waals surface area contributed by atoms with Crippen LogP contribution in [0.5, 0.6) is 0 Å². The average Bonchev–Trinajstić information content (AvgIpc) is 2.96. The van der Waals surface area contributed by atoms with Crippen LogP contribution in [0.4, 0.5) is 0 Å². The van der Waals surface area contributed by atoms with Gasteiger partial charge in [-0.25, -0.2) is 0 Å². The quantitative estimate of drug-likeness (QED) is 0.451. The third-order valence-corrected chi connectivity index (χ3v) is 6.96. The molecule has 5 heteroatoms. The van der Waals surface area contributed by atoms with E-state index in [9.17, 15) is 5.11 Å². The first-order chi connectivity index (χ1) is 12.7. The van der Waals surface area contributed by atoms with Crippen molar-refractivity contribution in [3.05, 3.63) is 53.6 Å². The lowest BCUT2D eigenvalue weighted by Crippen LogP contribution is -2.49. The van der Waals surface area contributed by atoms with Crippen LogP contribution in [0.3, 0.4) is 0 Å². The van der Waals surface area contributed by atoms with E-state index in [0.717, 1.165) is 10.2 Å². The summed E-state index contributed by atoms with van der Waals surface area (Å²) in [7, 11) is 1.66. The molecule has 4 rings (SSSR count). The van der Waals surface area contributed by atoms with Crippen molar-refractivity contribution in [3.8, 4) is 0 Å². The van der Waals surface area contributed by atoms with Crippen molar-refractivity contribution in [1.29, 1.82) is 0 Å². The molecule has 1 radical (unpaired) electrons. The maximum absolute atomic E-state index is 10.3. The van der Waals surface area contributed by atoms with Crippen LogP contribution in [0.15, 0.2) is 48.5 Å². The second-order valence-corrected chi connectivity index (χ2v) is 9.40. The molecular weight excluding hydrogens is 375 g/mol. The summed E-state index contributed by atoms with van der Waals surface area (Å²) < 4.78 is 8.34. The van der Waals surface area contributed by atoms with E-state index in [0.29, 0.717) is 5.02 Å². The van der Waals surface area contributed by atoms with E-state index in [1.165, 1.54) is 26.2 Å². The predicted octanol–water partition coefficient (Wildman–Crippen LogP) is 5.67. The van der Waals surface area contributed by atoms with E-state index in [1.807, 2.05) is 19.9 Å². The molecule has 0 aliphatic carbocycles. The predicted molar refractivity (Wildman–Crippen MR) is 119 cm³/mol. The Labute approximate surface area is 169 Å². The Morgan fingerprint density at radius 3 is 2.44 bits per heavy atom. The highest BCUT2D eigenvalue weighted by atomic mass is 35.5. The Balaban J connectivity index is 1.81. The van der Waals surface area contributed by atoms with Crippen molar-refractivity contribution in [2.45, 2.75) is 38.9 Å². The van der Waals surface area contributed by atoms with Gasteiger partial charge in [0.1, 0.15) is 0 Å². The lowest BCUT2D eigenvalue weighted by atomic mass is 9.82. The van der Waals surface area contributed by atoms with Crippen LogP contribution in [0.1, 0.15) is 27.7 Å². The van der Waals surface area contributed by atoms with Gasteiger partial charge in [0.15, 0.2) is 0 Å². The van der Waals surface area contributed by atoms with Crippen molar-refractivity contribution in [3.63, 3.8) is 0 Å². The lowest BCUT2D eigenvalue weighted by molar-refractivity contribution is -0.0893. The number of fused-ring (bicyclic) bond motifs is 5. The van der Waals surface area contributed by atoms with Gasteiger partial charge in [-0.1, -0.05) is 54.1 Å². The van der Waals surface area contributed by atoms with E-state index in [1.54, 1.807) is 32.7 Å². The number of rotatable bonds is 4. The summed E-state index contributed by atoms with van der Waals surface area (Å²) in [6.07, 6.45) is 0. The largest absolute Gasteiger partial charge is 0.427 e. The molecule has 27 heavy (non-hydrogen) atoms. The maximum atomic E-state index is 10.3. The van der Waals surface area contributed by atoms with Gasteiger partial charge in [0.25, 0.3) is 0 Å². The van der Waals surface area contributed by atoms with Crippen LogP contribution in [-0.4, -0.2) is 23.8 Å². The summed E-state index contributed by atoms with van der Waals surface area (Å²) in [5.41, 5.74) is -0.902. The molecule has 4 aromatic rings. The third kappa shape index (κ3) is 3.25. The minimum atomic E-state index is -0.978.